The molecule has 0 fully saturated rings. The van der Waals surface area contributed by atoms with Gasteiger partial charge in [0.25, 0.3) is 0 Å². The number of hydrogen-bond donors (Lipinski definition) is 1. The van der Waals surface area contributed by atoms with Gasteiger partial charge in [0, 0.05) is 6.42 Å². The van der Waals surface area contributed by atoms with Gasteiger partial charge in [-0.1, -0.05) is 12.1 Å². The Balaban J connectivity index is 2.12. The van der Waals surface area contributed by atoms with Crippen LogP contribution in [0.5, 0.6) is 0 Å². The zero-order chi connectivity index (χ0) is 10.7. The Kier molecular flexibility index (Phi) is 2.78. The van der Waals surface area contributed by atoms with Gasteiger partial charge in [0.15, 0.2) is 11.5 Å². The van der Waals surface area contributed by atoms with Crippen molar-refractivity contribution in [2.75, 3.05) is 0 Å². The molecule has 2 N–H and O–H groups in total. The van der Waals surface area contributed by atoms with E-state index in [1.807, 2.05) is 24.3 Å². The first-order valence-corrected chi connectivity index (χ1v) is 4.85. The Labute approximate surface area is 87.1 Å². The number of nitrogens with zero attached hydrogens (tertiary/aromatic N) is 1. The molecule has 1 aromatic heterocycles. The molecule has 0 saturated heterocycles. The van der Waals surface area contributed by atoms with Crippen LogP contribution in [0.2, 0.25) is 0 Å². The molecule has 78 valence electrons. The van der Waals surface area contributed by atoms with Gasteiger partial charge in [0.2, 0.25) is 0 Å². The minimum atomic E-state index is -0.431. The van der Waals surface area contributed by atoms with E-state index in [0.717, 1.165) is 17.4 Å². The van der Waals surface area contributed by atoms with E-state index < -0.39 is 6.04 Å². The van der Waals surface area contributed by atoms with E-state index in [9.17, 15) is 4.79 Å². The zero-order valence-electron chi connectivity index (χ0n) is 8.22. The molecule has 1 atom stereocenters. The van der Waals surface area contributed by atoms with Crippen LogP contribution in [0, 0.1) is 0 Å². The third-order valence-electron chi connectivity index (χ3n) is 2.20. The summed E-state index contributed by atoms with van der Waals surface area (Å²) in [6.45, 7) is 0. The molecule has 0 aliphatic rings. The van der Waals surface area contributed by atoms with Crippen LogP contribution in [0.15, 0.2) is 28.7 Å². The van der Waals surface area contributed by atoms with Gasteiger partial charge in [-0.3, -0.25) is 0 Å². The van der Waals surface area contributed by atoms with Crippen molar-refractivity contribution < 1.29 is 9.21 Å². The molecular weight excluding hydrogens is 192 g/mol. The minimum Gasteiger partial charge on any atom is -0.441 e. The molecule has 4 nitrogen and oxygen atoms in total. The van der Waals surface area contributed by atoms with E-state index in [2.05, 4.69) is 4.98 Å². The monoisotopic (exact) mass is 204 g/mol. The van der Waals surface area contributed by atoms with E-state index in [1.165, 1.54) is 0 Å². The third kappa shape index (κ3) is 2.22. The van der Waals surface area contributed by atoms with E-state index in [4.69, 9.17) is 10.2 Å². The maximum absolute atomic E-state index is 10.3. The Hall–Kier alpha value is -1.68. The summed E-state index contributed by atoms with van der Waals surface area (Å²) in [7, 11) is 0. The quantitative estimate of drug-likeness (QED) is 0.762. The lowest BCUT2D eigenvalue weighted by atomic mass is 10.2. The van der Waals surface area contributed by atoms with Gasteiger partial charge in [0.1, 0.15) is 11.8 Å². The first-order valence-electron chi connectivity index (χ1n) is 4.85. The van der Waals surface area contributed by atoms with E-state index in [0.29, 0.717) is 18.7 Å². The fourth-order valence-corrected chi connectivity index (χ4v) is 1.39. The number of carbonyl (C=O) groups excluding carboxylic acids is 1. The highest BCUT2D eigenvalue weighted by Crippen LogP contribution is 2.15. The number of nitrogens with two attached hydrogens (primary N) is 1. The number of benzene rings is 1. The number of carbonyl (C=O) groups is 1. The Morgan fingerprint density at radius 3 is 3.00 bits per heavy atom. The van der Waals surface area contributed by atoms with Crippen molar-refractivity contribution in [3.8, 4) is 0 Å². The summed E-state index contributed by atoms with van der Waals surface area (Å²) in [6.07, 6.45) is 1.90. The maximum Gasteiger partial charge on any atom is 0.195 e. The Morgan fingerprint density at radius 1 is 1.47 bits per heavy atom. The van der Waals surface area contributed by atoms with Gasteiger partial charge in [-0.25, -0.2) is 4.98 Å². The Bertz CT molecular complexity index is 431. The van der Waals surface area contributed by atoms with Gasteiger partial charge in [-0.15, -0.1) is 0 Å². The third-order valence-corrected chi connectivity index (χ3v) is 2.20. The van der Waals surface area contributed by atoms with Crippen LogP contribution in [0.1, 0.15) is 12.3 Å². The standard InChI is InChI=1S/C11H12N2O2/c12-8(7-14)5-6-11-13-9-3-1-2-4-10(9)15-11/h1-4,7-8H,5-6,12H2. The topological polar surface area (TPSA) is 69.1 Å². The summed E-state index contributed by atoms with van der Waals surface area (Å²) in [5, 5.41) is 0. The second kappa shape index (κ2) is 4.23. The lowest BCUT2D eigenvalue weighted by Crippen LogP contribution is -2.21. The van der Waals surface area contributed by atoms with Crippen molar-refractivity contribution in [2.24, 2.45) is 5.73 Å². The zero-order valence-corrected chi connectivity index (χ0v) is 8.22. The van der Waals surface area contributed by atoms with E-state index in [1.54, 1.807) is 0 Å². The largest absolute Gasteiger partial charge is 0.441 e. The predicted molar refractivity (Wildman–Crippen MR) is 56.4 cm³/mol. The molecule has 0 aliphatic heterocycles. The number of para-hydroxylation sites is 2. The molecule has 0 bridgehead atoms. The number of aldehydes is 1. The smallest absolute Gasteiger partial charge is 0.195 e. The molecule has 1 aromatic carbocycles. The molecule has 0 aliphatic carbocycles. The molecule has 0 spiro atoms. The van der Waals surface area contributed by atoms with Crippen LogP contribution >= 0.6 is 0 Å². The minimum absolute atomic E-state index is 0.431. The number of aryl methyl sites for hydroxylation is 1. The summed E-state index contributed by atoms with van der Waals surface area (Å²) < 4.78 is 5.48. The highest BCUT2D eigenvalue weighted by atomic mass is 16.3. The fourth-order valence-electron chi connectivity index (χ4n) is 1.39. The van der Waals surface area contributed by atoms with Crippen molar-refractivity contribution in [3.63, 3.8) is 0 Å². The molecule has 0 saturated carbocycles. The molecule has 2 rings (SSSR count). The number of fused-ring (bicyclic) bond motifs is 1. The molecule has 1 unspecified atom stereocenters. The van der Waals surface area contributed by atoms with Crippen LogP contribution in [0.25, 0.3) is 11.1 Å². The van der Waals surface area contributed by atoms with Crippen molar-refractivity contribution in [3.05, 3.63) is 30.2 Å². The van der Waals surface area contributed by atoms with Crippen LogP contribution in [-0.4, -0.2) is 17.3 Å². The molecule has 0 amide bonds. The number of hydrogen-bond acceptors (Lipinski definition) is 4. The van der Waals surface area contributed by atoms with Crippen LogP contribution in [0.4, 0.5) is 0 Å². The first kappa shape index (κ1) is 9.86. The maximum atomic E-state index is 10.3. The summed E-state index contributed by atoms with van der Waals surface area (Å²) in [5.41, 5.74) is 7.09. The SMILES string of the molecule is NC(C=O)CCc1nc2ccccc2o1. The molecule has 15 heavy (non-hydrogen) atoms. The average Bonchev–Trinajstić information content (AvgIpc) is 2.68. The van der Waals surface area contributed by atoms with Gasteiger partial charge in [0.05, 0.1) is 6.04 Å². The van der Waals surface area contributed by atoms with Gasteiger partial charge in [-0.2, -0.15) is 0 Å². The van der Waals surface area contributed by atoms with Crippen LogP contribution in [0.3, 0.4) is 0 Å². The highest BCUT2D eigenvalue weighted by molar-refractivity contribution is 5.72. The summed E-state index contributed by atoms with van der Waals surface area (Å²) in [4.78, 5) is 14.6. The van der Waals surface area contributed by atoms with E-state index in [-0.39, 0.29) is 0 Å². The van der Waals surface area contributed by atoms with Crippen LogP contribution in [-0.2, 0) is 11.2 Å². The van der Waals surface area contributed by atoms with Gasteiger partial charge < -0.3 is 14.9 Å². The molecule has 0 radical (unpaired) electrons. The van der Waals surface area contributed by atoms with E-state index >= 15 is 0 Å². The van der Waals surface area contributed by atoms with Crippen molar-refractivity contribution >= 4 is 17.4 Å². The molecule has 4 heteroatoms. The molecule has 1 heterocycles. The first-order chi connectivity index (χ1) is 7.29. The summed E-state index contributed by atoms with van der Waals surface area (Å²) >= 11 is 0. The second-order valence-corrected chi connectivity index (χ2v) is 3.41. The number of rotatable bonds is 4. The summed E-state index contributed by atoms with van der Waals surface area (Å²) in [6, 6.07) is 7.13. The highest BCUT2D eigenvalue weighted by Gasteiger charge is 2.07. The van der Waals surface area contributed by atoms with Gasteiger partial charge in [-0.05, 0) is 18.6 Å². The summed E-state index contributed by atoms with van der Waals surface area (Å²) in [5.74, 6) is 0.633. The number of oxazole rings is 1. The van der Waals surface area contributed by atoms with Crippen molar-refractivity contribution in [1.29, 1.82) is 0 Å². The Morgan fingerprint density at radius 2 is 2.27 bits per heavy atom. The fraction of sp³-hybridized carbons (Fsp3) is 0.273. The lowest BCUT2D eigenvalue weighted by Gasteiger charge is -1.98. The van der Waals surface area contributed by atoms with Gasteiger partial charge >= 0.3 is 0 Å². The second-order valence-electron chi connectivity index (χ2n) is 3.41. The predicted octanol–water partition coefficient (Wildman–Crippen LogP) is 1.29. The van der Waals surface area contributed by atoms with Crippen molar-refractivity contribution in [2.45, 2.75) is 18.9 Å². The normalized spacial score (nSPS) is 12.9. The lowest BCUT2D eigenvalue weighted by molar-refractivity contribution is -0.109. The average molecular weight is 204 g/mol. The van der Waals surface area contributed by atoms with Crippen molar-refractivity contribution in [1.82, 2.24) is 4.98 Å². The molecule has 2 aromatic rings. The van der Waals surface area contributed by atoms with Crippen LogP contribution < -0.4 is 5.73 Å². The number of aromatic nitrogens is 1. The molecular formula is C11H12N2O2.